The first-order chi connectivity index (χ1) is 8.33. The van der Waals surface area contributed by atoms with Gasteiger partial charge in [-0.3, -0.25) is 4.79 Å². The number of carbonyl (C=O) groups is 1. The fourth-order valence-electron chi connectivity index (χ4n) is 2.47. The van der Waals surface area contributed by atoms with Gasteiger partial charge in [-0.1, -0.05) is 35.9 Å². The number of hydrogen-bond acceptors (Lipinski definition) is 4. The second-order valence-corrected chi connectivity index (χ2v) is 6.02. The van der Waals surface area contributed by atoms with E-state index in [1.54, 1.807) is 6.08 Å². The summed E-state index contributed by atoms with van der Waals surface area (Å²) >= 11 is 3.30. The van der Waals surface area contributed by atoms with E-state index in [4.69, 9.17) is 9.47 Å². The molecule has 0 aliphatic heterocycles. The van der Waals surface area contributed by atoms with Crippen molar-refractivity contribution in [1.82, 2.24) is 0 Å². The maximum Gasteiger partial charge on any atom is 0.149 e. The van der Waals surface area contributed by atoms with Crippen molar-refractivity contribution in [3.8, 4) is 0 Å². The summed E-state index contributed by atoms with van der Waals surface area (Å²) in [7, 11) is 1.51. The number of Topliss-reactive ketones (excluding diaryl/α,β-unsaturated/α-hetero) is 1. The van der Waals surface area contributed by atoms with Crippen LogP contribution in [0.1, 0.15) is 20.3 Å². The monoisotopic (exact) mass is 320 g/mol. The van der Waals surface area contributed by atoms with Crippen LogP contribution in [0.2, 0.25) is 0 Å². The summed E-state index contributed by atoms with van der Waals surface area (Å²) in [5.74, 6) is -0.00205. The lowest BCUT2D eigenvalue weighted by Gasteiger charge is -2.52. The highest BCUT2D eigenvalue weighted by atomic mass is 79.9. The van der Waals surface area contributed by atoms with Gasteiger partial charge in [0.15, 0.2) is 0 Å². The third-order valence-electron chi connectivity index (χ3n) is 4.11. The molecule has 1 rings (SSSR count). The highest BCUT2D eigenvalue weighted by molar-refractivity contribution is 9.10. The molecule has 1 N–H and O–H groups in total. The van der Waals surface area contributed by atoms with E-state index >= 15 is 0 Å². The summed E-state index contributed by atoms with van der Waals surface area (Å²) in [4.78, 5) is 11.3. The number of ether oxygens (including phenoxy) is 2. The normalized spacial score (nSPS) is 40.8. The van der Waals surface area contributed by atoms with Crippen LogP contribution in [0.5, 0.6) is 0 Å². The maximum absolute atomic E-state index is 11.9. The Morgan fingerprint density at radius 2 is 2.28 bits per heavy atom. The third-order valence-corrected chi connectivity index (χ3v) is 5.38. The number of aliphatic hydroxyl groups is 1. The zero-order chi connectivity index (χ0) is 14.0. The summed E-state index contributed by atoms with van der Waals surface area (Å²) in [6, 6.07) is 0. The van der Waals surface area contributed by atoms with Crippen molar-refractivity contribution in [2.24, 2.45) is 11.3 Å². The molecule has 0 saturated heterocycles. The van der Waals surface area contributed by atoms with Crippen molar-refractivity contribution in [3.63, 3.8) is 0 Å². The Morgan fingerprint density at radius 1 is 1.67 bits per heavy atom. The molecule has 0 aromatic heterocycles. The number of rotatable bonds is 5. The summed E-state index contributed by atoms with van der Waals surface area (Å²) < 4.78 is 10.1. The van der Waals surface area contributed by atoms with E-state index < -0.39 is 15.8 Å². The van der Waals surface area contributed by atoms with E-state index in [9.17, 15) is 9.90 Å². The Hall–Kier alpha value is -0.230. The van der Waals surface area contributed by atoms with Gasteiger partial charge >= 0.3 is 0 Å². The first kappa shape index (κ1) is 15.8. The minimum absolute atomic E-state index is 0.00689. The molecule has 18 heavy (non-hydrogen) atoms. The molecule has 4 nitrogen and oxygen atoms in total. The number of ketones is 1. The molecular formula is C13H21BrO4. The van der Waals surface area contributed by atoms with Gasteiger partial charge in [-0.05, 0) is 5.92 Å². The van der Waals surface area contributed by atoms with Crippen molar-refractivity contribution in [2.75, 3.05) is 20.5 Å². The second kappa shape index (κ2) is 5.82. The predicted molar refractivity (Wildman–Crippen MR) is 72.6 cm³/mol. The lowest BCUT2D eigenvalue weighted by atomic mass is 9.59. The van der Waals surface area contributed by atoms with Crippen LogP contribution < -0.4 is 0 Å². The zero-order valence-electron chi connectivity index (χ0n) is 11.1. The van der Waals surface area contributed by atoms with Crippen molar-refractivity contribution >= 4 is 21.7 Å². The minimum Gasteiger partial charge on any atom is -0.385 e. The van der Waals surface area contributed by atoms with E-state index in [0.29, 0.717) is 6.42 Å². The molecule has 0 spiro atoms. The van der Waals surface area contributed by atoms with Crippen molar-refractivity contribution in [3.05, 3.63) is 12.7 Å². The standard InChI is InChI=1S/C13H21BrO4/c1-5-12(3)9(2)6-10(15)11(14)13(12,16)7-18-8-17-4/h5,9,11,16H,1,6-8H2,2-4H3/t9-,11-,12+,13+/m1/s1. The van der Waals surface area contributed by atoms with E-state index in [-0.39, 0.29) is 25.1 Å². The van der Waals surface area contributed by atoms with Crippen molar-refractivity contribution in [1.29, 1.82) is 0 Å². The second-order valence-electron chi connectivity index (χ2n) is 5.10. The Morgan fingerprint density at radius 3 is 2.78 bits per heavy atom. The minimum atomic E-state index is -1.32. The fraction of sp³-hybridized carbons (Fsp3) is 0.769. The zero-order valence-corrected chi connectivity index (χ0v) is 12.7. The van der Waals surface area contributed by atoms with Crippen LogP contribution in [-0.2, 0) is 14.3 Å². The topological polar surface area (TPSA) is 55.8 Å². The van der Waals surface area contributed by atoms with Crippen LogP contribution in [-0.4, -0.2) is 41.8 Å². The van der Waals surface area contributed by atoms with Gasteiger partial charge in [-0.25, -0.2) is 0 Å². The molecule has 0 radical (unpaired) electrons. The van der Waals surface area contributed by atoms with Crippen LogP contribution in [0.15, 0.2) is 12.7 Å². The molecule has 1 saturated carbocycles. The summed E-state index contributed by atoms with van der Waals surface area (Å²) in [5, 5.41) is 10.9. The molecule has 0 aromatic rings. The Labute approximate surface area is 116 Å². The van der Waals surface area contributed by atoms with Crippen LogP contribution in [0.3, 0.4) is 0 Å². The van der Waals surface area contributed by atoms with Crippen molar-refractivity contribution in [2.45, 2.75) is 30.7 Å². The molecule has 0 amide bonds. The SMILES string of the molecule is C=C[C@@]1(C)[C@H](C)CC(=O)[C@@H](Br)[C@@]1(O)COCOC. The molecule has 0 aromatic carbocycles. The Balaban J connectivity index is 3.04. The van der Waals surface area contributed by atoms with Gasteiger partial charge in [0.05, 0.1) is 6.61 Å². The third kappa shape index (κ3) is 2.41. The number of methoxy groups -OCH3 is 1. The average molecular weight is 321 g/mol. The van der Waals surface area contributed by atoms with E-state index in [0.717, 1.165) is 0 Å². The van der Waals surface area contributed by atoms with E-state index in [1.807, 2.05) is 13.8 Å². The molecule has 104 valence electrons. The van der Waals surface area contributed by atoms with Gasteiger partial charge in [-0.15, -0.1) is 6.58 Å². The quantitative estimate of drug-likeness (QED) is 0.364. The molecule has 5 heteroatoms. The average Bonchev–Trinajstić information content (AvgIpc) is 2.35. The Bertz CT molecular complexity index is 333. The van der Waals surface area contributed by atoms with E-state index in [1.165, 1.54) is 7.11 Å². The van der Waals surface area contributed by atoms with Gasteiger partial charge < -0.3 is 14.6 Å². The van der Waals surface area contributed by atoms with Crippen LogP contribution in [0.4, 0.5) is 0 Å². The molecule has 4 atom stereocenters. The number of alkyl halides is 1. The highest BCUT2D eigenvalue weighted by Gasteiger charge is 2.58. The fourth-order valence-corrected chi connectivity index (χ4v) is 3.28. The molecule has 1 fully saturated rings. The number of carbonyl (C=O) groups excluding carboxylic acids is 1. The molecule has 1 aliphatic carbocycles. The summed E-state index contributed by atoms with van der Waals surface area (Å²) in [6.45, 7) is 7.76. The van der Waals surface area contributed by atoms with Gasteiger partial charge in [0.1, 0.15) is 23.0 Å². The van der Waals surface area contributed by atoms with Gasteiger partial charge in [0, 0.05) is 18.9 Å². The van der Waals surface area contributed by atoms with E-state index in [2.05, 4.69) is 22.5 Å². The molecule has 0 unspecified atom stereocenters. The molecular weight excluding hydrogens is 300 g/mol. The molecule has 0 bridgehead atoms. The maximum atomic E-state index is 11.9. The van der Waals surface area contributed by atoms with Crippen LogP contribution in [0.25, 0.3) is 0 Å². The highest BCUT2D eigenvalue weighted by Crippen LogP contribution is 2.50. The van der Waals surface area contributed by atoms with Crippen molar-refractivity contribution < 1.29 is 19.4 Å². The van der Waals surface area contributed by atoms with Crippen LogP contribution >= 0.6 is 15.9 Å². The molecule has 0 heterocycles. The summed E-state index contributed by atoms with van der Waals surface area (Å²) in [5.41, 5.74) is -1.91. The first-order valence-corrected chi connectivity index (χ1v) is 6.84. The van der Waals surface area contributed by atoms with Crippen LogP contribution in [0, 0.1) is 11.3 Å². The number of halogens is 1. The lowest BCUT2D eigenvalue weighted by molar-refractivity contribution is -0.171. The van der Waals surface area contributed by atoms with Gasteiger partial charge in [-0.2, -0.15) is 0 Å². The summed E-state index contributed by atoms with van der Waals surface area (Å²) in [6.07, 6.45) is 2.14. The smallest absolute Gasteiger partial charge is 0.149 e. The first-order valence-electron chi connectivity index (χ1n) is 5.93. The Kier molecular flexibility index (Phi) is 5.12. The lowest BCUT2D eigenvalue weighted by Crippen LogP contribution is -2.63. The number of hydrogen-bond donors (Lipinski definition) is 1. The molecule has 1 aliphatic rings. The largest absolute Gasteiger partial charge is 0.385 e. The predicted octanol–water partition coefficient (Wildman–Crippen LogP) is 1.90. The van der Waals surface area contributed by atoms with Gasteiger partial charge in [0.25, 0.3) is 0 Å². The van der Waals surface area contributed by atoms with Gasteiger partial charge in [0.2, 0.25) is 0 Å².